The van der Waals surface area contributed by atoms with E-state index in [1.807, 2.05) is 26.0 Å². The number of nitrogens with two attached hydrogens (primary N) is 1. The molecule has 1 heterocycles. The minimum Gasteiger partial charge on any atom is -0.456 e. The fourth-order valence-electron chi connectivity index (χ4n) is 2.91. The third-order valence-corrected chi connectivity index (χ3v) is 4.04. The van der Waals surface area contributed by atoms with Crippen LogP contribution in [0.1, 0.15) is 34.5 Å². The van der Waals surface area contributed by atoms with Crippen molar-refractivity contribution < 1.29 is 4.74 Å². The van der Waals surface area contributed by atoms with Crippen molar-refractivity contribution in [3.05, 3.63) is 52.3 Å². The van der Waals surface area contributed by atoms with Crippen molar-refractivity contribution in [3.63, 3.8) is 0 Å². The van der Waals surface area contributed by atoms with Crippen LogP contribution in [-0.4, -0.2) is 9.97 Å². The van der Waals surface area contributed by atoms with E-state index in [-0.39, 0.29) is 0 Å². The summed E-state index contributed by atoms with van der Waals surface area (Å²) in [5.74, 6) is 1.52. The Bertz CT molecular complexity index is 725. The summed E-state index contributed by atoms with van der Waals surface area (Å²) in [5, 5.41) is 0. The zero-order valence-corrected chi connectivity index (χ0v) is 13.1. The molecule has 0 spiro atoms. The van der Waals surface area contributed by atoms with E-state index in [1.165, 1.54) is 24.0 Å². The first-order valence-corrected chi connectivity index (χ1v) is 7.53. The van der Waals surface area contributed by atoms with Crippen LogP contribution in [0.4, 0.5) is 0 Å². The van der Waals surface area contributed by atoms with Crippen molar-refractivity contribution >= 4 is 17.2 Å². The largest absolute Gasteiger partial charge is 0.456 e. The second-order valence-corrected chi connectivity index (χ2v) is 5.91. The van der Waals surface area contributed by atoms with E-state index in [2.05, 4.69) is 17.1 Å². The summed E-state index contributed by atoms with van der Waals surface area (Å²) in [6.07, 6.45) is 3.52. The van der Waals surface area contributed by atoms with Crippen LogP contribution in [0.2, 0.25) is 0 Å². The fourth-order valence-corrected chi connectivity index (χ4v) is 3.16. The summed E-state index contributed by atoms with van der Waals surface area (Å²) in [6.45, 7) is 3.84. The Balaban J connectivity index is 1.99. The van der Waals surface area contributed by atoms with Gasteiger partial charge in [-0.1, -0.05) is 18.3 Å². The number of ether oxygens (including phenoxy) is 1. The molecule has 0 fully saturated rings. The lowest BCUT2D eigenvalue weighted by molar-refractivity contribution is 0.479. The molecule has 3 rings (SSSR count). The van der Waals surface area contributed by atoms with Gasteiger partial charge in [0.05, 0.1) is 11.3 Å². The zero-order chi connectivity index (χ0) is 15.0. The second kappa shape index (κ2) is 5.45. The van der Waals surface area contributed by atoms with E-state index >= 15 is 0 Å². The van der Waals surface area contributed by atoms with Crippen molar-refractivity contribution in [1.82, 2.24) is 4.98 Å². The maximum Gasteiger partial charge on any atom is 0.141 e. The average molecular weight is 298 g/mol. The van der Waals surface area contributed by atoms with Gasteiger partial charge in [-0.25, -0.2) is 0 Å². The Kier molecular flexibility index (Phi) is 3.64. The number of pyridine rings is 1. The van der Waals surface area contributed by atoms with Crippen molar-refractivity contribution in [3.8, 4) is 11.5 Å². The number of rotatable bonds is 3. The van der Waals surface area contributed by atoms with Crippen LogP contribution in [0.3, 0.4) is 0 Å². The highest BCUT2D eigenvalue weighted by Crippen LogP contribution is 2.31. The number of fused-ring (bicyclic) bond motifs is 1. The molecule has 1 aromatic carbocycles. The number of benzene rings is 1. The van der Waals surface area contributed by atoms with Crippen LogP contribution in [0.25, 0.3) is 0 Å². The third-order valence-electron chi connectivity index (χ3n) is 3.84. The summed E-state index contributed by atoms with van der Waals surface area (Å²) >= 11 is 5.13. The molecule has 2 N–H and O–H groups in total. The molecule has 0 aliphatic heterocycles. The monoisotopic (exact) mass is 298 g/mol. The minimum absolute atomic E-state index is 0.316. The molecule has 1 aromatic heterocycles. The van der Waals surface area contributed by atoms with Gasteiger partial charge >= 0.3 is 0 Å². The number of hydrogen-bond acceptors (Lipinski definition) is 3. The minimum atomic E-state index is 0.316. The summed E-state index contributed by atoms with van der Waals surface area (Å²) in [7, 11) is 0. The van der Waals surface area contributed by atoms with Crippen molar-refractivity contribution in [2.75, 3.05) is 0 Å². The lowest BCUT2D eigenvalue weighted by Gasteiger charge is -2.14. The van der Waals surface area contributed by atoms with Gasteiger partial charge in [-0.3, -0.25) is 4.98 Å². The predicted octanol–water partition coefficient (Wildman–Crippen LogP) is 3.61. The van der Waals surface area contributed by atoms with Gasteiger partial charge in [-0.2, -0.15) is 0 Å². The summed E-state index contributed by atoms with van der Waals surface area (Å²) in [6, 6.07) is 8.17. The van der Waals surface area contributed by atoms with Crippen LogP contribution in [0, 0.1) is 13.8 Å². The maximum absolute atomic E-state index is 6.05. The molecule has 0 radical (unpaired) electrons. The molecule has 21 heavy (non-hydrogen) atoms. The Morgan fingerprint density at radius 1 is 1.19 bits per heavy atom. The van der Waals surface area contributed by atoms with Crippen molar-refractivity contribution in [2.24, 2.45) is 5.73 Å². The quantitative estimate of drug-likeness (QED) is 0.879. The number of nitrogens with zero attached hydrogens (tertiary/aromatic N) is 1. The predicted molar refractivity (Wildman–Crippen MR) is 88.1 cm³/mol. The lowest BCUT2D eigenvalue weighted by Crippen LogP contribution is -2.14. The van der Waals surface area contributed by atoms with Gasteiger partial charge in [0, 0.05) is 11.8 Å². The van der Waals surface area contributed by atoms with E-state index in [4.69, 9.17) is 22.7 Å². The van der Waals surface area contributed by atoms with Gasteiger partial charge in [-0.15, -0.1) is 0 Å². The number of aromatic nitrogens is 1. The molecular weight excluding hydrogens is 280 g/mol. The third kappa shape index (κ3) is 2.76. The van der Waals surface area contributed by atoms with Crippen molar-refractivity contribution in [2.45, 2.75) is 33.1 Å². The van der Waals surface area contributed by atoms with Crippen LogP contribution < -0.4 is 10.5 Å². The SMILES string of the molecule is Cc1cc(Oc2ccc3c(c2)CCC3)c(C(N)=S)c(C)n1. The van der Waals surface area contributed by atoms with Gasteiger partial charge in [0.25, 0.3) is 0 Å². The highest BCUT2D eigenvalue weighted by atomic mass is 32.1. The summed E-state index contributed by atoms with van der Waals surface area (Å²) in [5.41, 5.74) is 11.0. The standard InChI is InChI=1S/C17H18N2OS/c1-10-8-15(16(17(18)21)11(2)19-10)20-14-7-6-12-4-3-5-13(12)9-14/h6-9H,3-5H2,1-2H3,(H2,18,21). The van der Waals surface area contributed by atoms with Crippen molar-refractivity contribution in [1.29, 1.82) is 0 Å². The molecule has 0 atom stereocenters. The summed E-state index contributed by atoms with van der Waals surface area (Å²) < 4.78 is 6.05. The second-order valence-electron chi connectivity index (χ2n) is 5.47. The Hall–Kier alpha value is -1.94. The molecule has 2 aromatic rings. The zero-order valence-electron chi connectivity index (χ0n) is 12.3. The number of aryl methyl sites for hydroxylation is 4. The Labute approximate surface area is 130 Å². The van der Waals surface area contributed by atoms with Gasteiger partial charge in [0.15, 0.2) is 0 Å². The molecule has 0 saturated heterocycles. The number of hydrogen-bond donors (Lipinski definition) is 1. The highest BCUT2D eigenvalue weighted by molar-refractivity contribution is 7.80. The highest BCUT2D eigenvalue weighted by Gasteiger charge is 2.15. The smallest absolute Gasteiger partial charge is 0.141 e. The van der Waals surface area contributed by atoms with Crippen LogP contribution in [0.5, 0.6) is 11.5 Å². The number of thiocarbonyl (C=S) groups is 1. The topological polar surface area (TPSA) is 48.1 Å². The van der Waals surface area contributed by atoms with Crippen LogP contribution >= 0.6 is 12.2 Å². The Morgan fingerprint density at radius 2 is 1.95 bits per heavy atom. The molecule has 3 nitrogen and oxygen atoms in total. The van der Waals surface area contributed by atoms with Gasteiger partial charge in [0.1, 0.15) is 16.5 Å². The first kappa shape index (κ1) is 14.0. The molecule has 108 valence electrons. The lowest BCUT2D eigenvalue weighted by atomic mass is 10.1. The molecule has 1 aliphatic rings. The fraction of sp³-hybridized carbons (Fsp3) is 0.294. The van der Waals surface area contributed by atoms with Crippen LogP contribution in [-0.2, 0) is 12.8 Å². The van der Waals surface area contributed by atoms with E-state index in [9.17, 15) is 0 Å². The normalized spacial score (nSPS) is 13.0. The van der Waals surface area contributed by atoms with Gasteiger partial charge in [-0.05, 0) is 56.4 Å². The summed E-state index contributed by atoms with van der Waals surface area (Å²) in [4.78, 5) is 4.72. The van der Waals surface area contributed by atoms with Crippen LogP contribution in [0.15, 0.2) is 24.3 Å². The van der Waals surface area contributed by atoms with Gasteiger partial charge in [0.2, 0.25) is 0 Å². The first-order valence-electron chi connectivity index (χ1n) is 7.12. The molecule has 0 unspecified atom stereocenters. The molecular formula is C17H18N2OS. The molecule has 0 amide bonds. The van der Waals surface area contributed by atoms with E-state index in [1.54, 1.807) is 0 Å². The maximum atomic E-state index is 6.05. The first-order chi connectivity index (χ1) is 10.0. The average Bonchev–Trinajstić information content (AvgIpc) is 2.84. The molecule has 1 aliphatic carbocycles. The van der Waals surface area contributed by atoms with E-state index in [0.717, 1.165) is 29.1 Å². The Morgan fingerprint density at radius 3 is 2.71 bits per heavy atom. The molecule has 0 saturated carbocycles. The van der Waals surface area contributed by atoms with Gasteiger partial charge < -0.3 is 10.5 Å². The molecule has 4 heteroatoms. The van der Waals surface area contributed by atoms with E-state index < -0.39 is 0 Å². The van der Waals surface area contributed by atoms with E-state index in [0.29, 0.717) is 10.7 Å². The molecule has 0 bridgehead atoms.